The van der Waals surface area contributed by atoms with E-state index in [0.29, 0.717) is 17.7 Å². The van der Waals surface area contributed by atoms with Gasteiger partial charge < -0.3 is 9.84 Å². The van der Waals surface area contributed by atoms with Crippen LogP contribution in [0.3, 0.4) is 0 Å². The zero-order valence-electron chi connectivity index (χ0n) is 16.6. The Balaban J connectivity index is 1.82. The molecule has 1 atom stereocenters. The highest BCUT2D eigenvalue weighted by Gasteiger charge is 2.23. The summed E-state index contributed by atoms with van der Waals surface area (Å²) in [6.07, 6.45) is -1.43. The number of anilines is 1. The fraction of sp³-hybridized carbons (Fsp3) is 0.0909. The second-order valence-electron chi connectivity index (χ2n) is 6.61. The van der Waals surface area contributed by atoms with Gasteiger partial charge in [0.25, 0.3) is 10.0 Å². The number of hydrogen-bond donors (Lipinski definition) is 2. The molecule has 0 saturated heterocycles. The minimum Gasteiger partial charge on any atom is -0.465 e. The molecule has 3 rings (SSSR count). The monoisotopic (exact) mass is 461 g/mol. The van der Waals surface area contributed by atoms with E-state index < -0.39 is 50.8 Å². The Bertz CT molecular complexity index is 1260. The molecule has 166 valence electrons. The summed E-state index contributed by atoms with van der Waals surface area (Å²) in [7, 11) is -3.36. The van der Waals surface area contributed by atoms with Gasteiger partial charge in [0.2, 0.25) is 0 Å². The molecule has 2 N–H and O–H groups in total. The molecule has 0 bridgehead atoms. The van der Waals surface area contributed by atoms with E-state index in [1.54, 1.807) is 30.3 Å². The van der Waals surface area contributed by atoms with Gasteiger partial charge >= 0.3 is 5.97 Å². The van der Waals surface area contributed by atoms with E-state index in [-0.39, 0.29) is 10.5 Å². The molecular formula is C22H17F2NO6S. The van der Waals surface area contributed by atoms with Gasteiger partial charge in [-0.3, -0.25) is 9.52 Å². The highest BCUT2D eigenvalue weighted by molar-refractivity contribution is 7.92. The number of halogens is 2. The molecule has 0 heterocycles. The topological polar surface area (TPSA) is 110 Å². The van der Waals surface area contributed by atoms with Crippen LogP contribution in [0.25, 0.3) is 0 Å². The Morgan fingerprint density at radius 1 is 0.969 bits per heavy atom. The summed E-state index contributed by atoms with van der Waals surface area (Å²) < 4.78 is 59.6. The van der Waals surface area contributed by atoms with Gasteiger partial charge in [-0.2, -0.15) is 0 Å². The van der Waals surface area contributed by atoms with Gasteiger partial charge in [-0.1, -0.05) is 30.3 Å². The maximum Gasteiger partial charge on any atom is 0.340 e. The first kappa shape index (κ1) is 23.0. The molecular weight excluding hydrogens is 444 g/mol. The van der Waals surface area contributed by atoms with Crippen LogP contribution < -0.4 is 4.72 Å². The fourth-order valence-corrected chi connectivity index (χ4v) is 3.90. The van der Waals surface area contributed by atoms with Crippen LogP contribution >= 0.6 is 0 Å². The van der Waals surface area contributed by atoms with Gasteiger partial charge in [-0.05, 0) is 35.9 Å². The predicted molar refractivity (Wildman–Crippen MR) is 111 cm³/mol. The van der Waals surface area contributed by atoms with Crippen LogP contribution in [0.4, 0.5) is 14.5 Å². The van der Waals surface area contributed by atoms with Gasteiger partial charge in [-0.25, -0.2) is 22.0 Å². The lowest BCUT2D eigenvalue weighted by molar-refractivity contribution is 0.0594. The number of carbonyl (C=O) groups excluding carboxylic acids is 2. The van der Waals surface area contributed by atoms with Crippen molar-refractivity contribution in [2.24, 2.45) is 0 Å². The Morgan fingerprint density at radius 2 is 1.59 bits per heavy atom. The Labute approximate surface area is 182 Å². The lowest BCUT2D eigenvalue weighted by Gasteiger charge is -2.12. The standard InChI is InChI=1S/C22H17F2NO6S/c1-31-22(28)16-11-18(24)19(12-17(16)23)25-32(29,30)15-9-7-14(8-10-15)21(27)20(26)13-5-3-2-4-6-13/h2-12,20,25-26H,1H3. The molecule has 0 fully saturated rings. The van der Waals surface area contributed by atoms with Gasteiger partial charge in [-0.15, -0.1) is 0 Å². The summed E-state index contributed by atoms with van der Waals surface area (Å²) in [4.78, 5) is 23.5. The number of esters is 1. The summed E-state index contributed by atoms with van der Waals surface area (Å²) in [6, 6.07) is 13.8. The number of hydrogen-bond acceptors (Lipinski definition) is 6. The molecule has 0 aromatic heterocycles. The Morgan fingerprint density at radius 3 is 2.19 bits per heavy atom. The molecule has 0 spiro atoms. The van der Waals surface area contributed by atoms with Crippen molar-refractivity contribution in [2.45, 2.75) is 11.0 Å². The lowest BCUT2D eigenvalue weighted by atomic mass is 10.0. The van der Waals surface area contributed by atoms with Gasteiger partial charge in [0.1, 0.15) is 17.7 Å². The van der Waals surface area contributed by atoms with Crippen molar-refractivity contribution >= 4 is 27.5 Å². The predicted octanol–water partition coefficient (Wildman–Crippen LogP) is 3.47. The molecule has 0 aliphatic carbocycles. The van der Waals surface area contributed by atoms with Crippen LogP contribution in [0, 0.1) is 11.6 Å². The molecule has 3 aromatic rings. The summed E-state index contributed by atoms with van der Waals surface area (Å²) in [5, 5.41) is 10.2. The van der Waals surface area contributed by atoms with Crippen LogP contribution in [0.2, 0.25) is 0 Å². The molecule has 7 nitrogen and oxygen atoms in total. The SMILES string of the molecule is COC(=O)c1cc(F)c(NS(=O)(=O)c2ccc(C(=O)C(O)c3ccccc3)cc2)cc1F. The first-order valence-corrected chi connectivity index (χ1v) is 10.6. The van der Waals surface area contributed by atoms with E-state index in [1.165, 1.54) is 12.1 Å². The molecule has 1 unspecified atom stereocenters. The third-order valence-electron chi connectivity index (χ3n) is 4.52. The number of rotatable bonds is 7. The highest BCUT2D eigenvalue weighted by Crippen LogP contribution is 2.24. The average molecular weight is 461 g/mol. The molecule has 0 aliphatic rings. The quantitative estimate of drug-likeness (QED) is 0.412. The van der Waals surface area contributed by atoms with Gasteiger partial charge in [0.05, 0.1) is 23.3 Å². The van der Waals surface area contributed by atoms with E-state index in [1.807, 2.05) is 4.72 Å². The summed E-state index contributed by atoms with van der Waals surface area (Å²) >= 11 is 0. The van der Waals surface area contributed by atoms with E-state index >= 15 is 0 Å². The molecule has 3 aromatic carbocycles. The minimum absolute atomic E-state index is 0.0555. The average Bonchev–Trinajstić information content (AvgIpc) is 2.80. The second-order valence-corrected chi connectivity index (χ2v) is 8.29. The third-order valence-corrected chi connectivity index (χ3v) is 5.90. The van der Waals surface area contributed by atoms with E-state index in [9.17, 15) is 31.9 Å². The van der Waals surface area contributed by atoms with Gasteiger partial charge in [0, 0.05) is 11.6 Å². The summed E-state index contributed by atoms with van der Waals surface area (Å²) in [6.45, 7) is 0. The second kappa shape index (κ2) is 9.25. The number of carbonyl (C=O) groups is 2. The van der Waals surface area contributed by atoms with E-state index in [0.717, 1.165) is 19.2 Å². The molecule has 32 heavy (non-hydrogen) atoms. The number of sulfonamides is 1. The summed E-state index contributed by atoms with van der Waals surface area (Å²) in [5.74, 6) is -4.12. The highest BCUT2D eigenvalue weighted by atomic mass is 32.2. The van der Waals surface area contributed by atoms with Crippen molar-refractivity contribution in [3.05, 3.63) is 95.1 Å². The number of aliphatic hydroxyl groups is 1. The number of nitrogens with one attached hydrogen (secondary N) is 1. The van der Waals surface area contributed by atoms with Crippen LogP contribution in [-0.2, 0) is 14.8 Å². The lowest BCUT2D eigenvalue weighted by Crippen LogP contribution is -2.16. The fourth-order valence-electron chi connectivity index (χ4n) is 2.84. The van der Waals surface area contributed by atoms with Crippen LogP contribution in [0.5, 0.6) is 0 Å². The largest absolute Gasteiger partial charge is 0.465 e. The van der Waals surface area contributed by atoms with Crippen molar-refractivity contribution in [1.29, 1.82) is 0 Å². The van der Waals surface area contributed by atoms with Crippen molar-refractivity contribution in [1.82, 2.24) is 0 Å². The van der Waals surface area contributed by atoms with Crippen molar-refractivity contribution in [2.75, 3.05) is 11.8 Å². The van der Waals surface area contributed by atoms with E-state index in [2.05, 4.69) is 4.74 Å². The molecule has 0 aliphatic heterocycles. The van der Waals surface area contributed by atoms with Crippen molar-refractivity contribution in [3.8, 4) is 0 Å². The van der Waals surface area contributed by atoms with Crippen molar-refractivity contribution in [3.63, 3.8) is 0 Å². The molecule has 0 amide bonds. The first-order chi connectivity index (χ1) is 15.1. The summed E-state index contributed by atoms with van der Waals surface area (Å²) in [5.41, 5.74) is -0.966. The Hall–Kier alpha value is -3.63. The number of ether oxygens (including phenoxy) is 1. The number of methoxy groups -OCH3 is 1. The number of benzene rings is 3. The molecule has 0 saturated carbocycles. The normalized spacial score (nSPS) is 12.1. The zero-order chi connectivity index (χ0) is 23.5. The van der Waals surface area contributed by atoms with Crippen LogP contribution in [0.15, 0.2) is 71.6 Å². The maximum absolute atomic E-state index is 14.2. The number of aliphatic hydroxyl groups excluding tert-OH is 1. The zero-order valence-corrected chi connectivity index (χ0v) is 17.4. The van der Waals surface area contributed by atoms with Crippen LogP contribution in [-0.4, -0.2) is 32.4 Å². The smallest absolute Gasteiger partial charge is 0.340 e. The molecule has 10 heteroatoms. The first-order valence-electron chi connectivity index (χ1n) is 9.11. The van der Waals surface area contributed by atoms with Gasteiger partial charge in [0.15, 0.2) is 5.78 Å². The van der Waals surface area contributed by atoms with Crippen molar-refractivity contribution < 1.29 is 36.6 Å². The number of Topliss-reactive ketones (excluding diaryl/α,β-unsaturated/α-hetero) is 1. The minimum atomic E-state index is -4.35. The van der Waals surface area contributed by atoms with E-state index in [4.69, 9.17) is 0 Å². The molecule has 0 radical (unpaired) electrons. The maximum atomic E-state index is 14.2. The Kier molecular flexibility index (Phi) is 6.66. The number of ketones is 1. The third kappa shape index (κ3) is 4.82. The van der Waals surface area contributed by atoms with Crippen LogP contribution in [0.1, 0.15) is 32.4 Å².